The molecule has 5 heteroatoms. The van der Waals surface area contributed by atoms with Crippen LogP contribution >= 0.6 is 0 Å². The zero-order valence-electron chi connectivity index (χ0n) is 19.5. The Morgan fingerprint density at radius 2 is 1.84 bits per heavy atom. The molecular formula is C27H33NO4. The number of carbonyl (C=O) groups excluding carboxylic acids is 1. The fourth-order valence-electron chi connectivity index (χ4n) is 3.85. The number of phenols is 1. The fourth-order valence-corrected chi connectivity index (χ4v) is 3.85. The van der Waals surface area contributed by atoms with Gasteiger partial charge in [-0.05, 0) is 74.8 Å². The first-order valence-corrected chi connectivity index (χ1v) is 10.8. The normalized spacial score (nSPS) is 17.3. The lowest BCUT2D eigenvalue weighted by molar-refractivity contribution is -0.111. The number of hydrogen-bond acceptors (Lipinski definition) is 3. The predicted octanol–water partition coefficient (Wildman–Crippen LogP) is 6.56. The van der Waals surface area contributed by atoms with Crippen molar-refractivity contribution in [3.8, 4) is 5.75 Å². The second-order valence-corrected chi connectivity index (χ2v) is 8.95. The molecule has 1 aromatic carbocycles. The molecule has 0 heterocycles. The third-order valence-corrected chi connectivity index (χ3v) is 5.63. The van der Waals surface area contributed by atoms with E-state index in [0.717, 1.165) is 11.1 Å². The Morgan fingerprint density at radius 1 is 1.12 bits per heavy atom. The summed E-state index contributed by atoms with van der Waals surface area (Å²) >= 11 is 0. The number of aromatic hydroxyl groups is 1. The first-order valence-electron chi connectivity index (χ1n) is 10.8. The maximum Gasteiger partial charge on any atom is 0.339 e. The van der Waals surface area contributed by atoms with Gasteiger partial charge >= 0.3 is 5.97 Å². The Hall–Kier alpha value is -3.34. The molecule has 1 aromatic rings. The van der Waals surface area contributed by atoms with E-state index < -0.39 is 5.97 Å². The van der Waals surface area contributed by atoms with E-state index in [1.54, 1.807) is 0 Å². The van der Waals surface area contributed by atoms with Crippen LogP contribution in [0.15, 0.2) is 76.9 Å². The minimum Gasteiger partial charge on any atom is -0.507 e. The molecule has 5 nitrogen and oxygen atoms in total. The molecule has 0 fully saturated rings. The number of carboxylic acid groups (broad SMARTS) is 1. The second-order valence-electron chi connectivity index (χ2n) is 8.95. The van der Waals surface area contributed by atoms with Crippen molar-refractivity contribution in [2.45, 2.75) is 53.9 Å². The molecule has 1 amide bonds. The third-order valence-electron chi connectivity index (χ3n) is 5.63. The molecule has 0 radical (unpaired) electrons. The smallest absolute Gasteiger partial charge is 0.339 e. The van der Waals surface area contributed by atoms with Crippen molar-refractivity contribution in [2.75, 3.05) is 5.32 Å². The third kappa shape index (κ3) is 7.12. The number of hydrogen-bond donors (Lipinski definition) is 3. The van der Waals surface area contributed by atoms with Gasteiger partial charge in [0.15, 0.2) is 0 Å². The Labute approximate surface area is 190 Å². The summed E-state index contributed by atoms with van der Waals surface area (Å²) in [6, 6.07) is 3.91. The number of benzene rings is 1. The van der Waals surface area contributed by atoms with E-state index in [2.05, 4.69) is 38.2 Å². The lowest BCUT2D eigenvalue weighted by Crippen LogP contribution is -2.19. The van der Waals surface area contributed by atoms with E-state index in [9.17, 15) is 14.7 Å². The van der Waals surface area contributed by atoms with Crippen LogP contribution in [0.3, 0.4) is 0 Å². The SMILES string of the molecule is CC1=C(/C=C/C(C)=C/C=C/C(C)=C/C(=O)Nc2ccc(O)c(C(=O)O)c2)C(C)(C)CCC1. The van der Waals surface area contributed by atoms with Crippen LogP contribution in [0.25, 0.3) is 0 Å². The zero-order chi connectivity index (χ0) is 23.9. The average Bonchev–Trinajstić information content (AvgIpc) is 2.68. The van der Waals surface area contributed by atoms with E-state index in [1.807, 2.05) is 32.1 Å². The maximum atomic E-state index is 12.2. The summed E-state index contributed by atoms with van der Waals surface area (Å²) in [6.45, 7) is 10.7. The van der Waals surface area contributed by atoms with Gasteiger partial charge in [-0.25, -0.2) is 4.79 Å². The van der Waals surface area contributed by atoms with Gasteiger partial charge < -0.3 is 15.5 Å². The van der Waals surface area contributed by atoms with Gasteiger partial charge in [0.05, 0.1) is 0 Å². The first-order chi connectivity index (χ1) is 15.0. The number of anilines is 1. The Balaban J connectivity index is 2.00. The van der Waals surface area contributed by atoms with E-state index >= 15 is 0 Å². The summed E-state index contributed by atoms with van der Waals surface area (Å²) in [7, 11) is 0. The molecule has 170 valence electrons. The Bertz CT molecular complexity index is 1040. The highest BCUT2D eigenvalue weighted by molar-refractivity contribution is 6.01. The topological polar surface area (TPSA) is 86.6 Å². The predicted molar refractivity (Wildman–Crippen MR) is 130 cm³/mol. The number of amides is 1. The van der Waals surface area contributed by atoms with Gasteiger partial charge in [-0.1, -0.05) is 55.4 Å². The minimum absolute atomic E-state index is 0.213. The summed E-state index contributed by atoms with van der Waals surface area (Å²) < 4.78 is 0. The van der Waals surface area contributed by atoms with Gasteiger partial charge in [-0.2, -0.15) is 0 Å². The number of allylic oxidation sites excluding steroid dienone is 9. The van der Waals surface area contributed by atoms with Crippen LogP contribution in [-0.2, 0) is 4.79 Å². The second kappa shape index (κ2) is 10.8. The van der Waals surface area contributed by atoms with Crippen molar-refractivity contribution in [3.63, 3.8) is 0 Å². The fraction of sp³-hybridized carbons (Fsp3) is 0.333. The number of nitrogens with one attached hydrogen (secondary N) is 1. The van der Waals surface area contributed by atoms with Crippen molar-refractivity contribution in [2.24, 2.45) is 5.41 Å². The molecule has 1 aliphatic rings. The van der Waals surface area contributed by atoms with E-state index in [1.165, 1.54) is 54.7 Å². The maximum absolute atomic E-state index is 12.2. The number of rotatable bonds is 7. The van der Waals surface area contributed by atoms with Crippen molar-refractivity contribution < 1.29 is 19.8 Å². The molecule has 2 rings (SSSR count). The lowest BCUT2D eigenvalue weighted by atomic mass is 9.72. The lowest BCUT2D eigenvalue weighted by Gasteiger charge is -2.32. The first kappa shape index (κ1) is 24.9. The average molecular weight is 436 g/mol. The molecule has 0 saturated heterocycles. The molecule has 3 N–H and O–H groups in total. The summed E-state index contributed by atoms with van der Waals surface area (Å²) in [5, 5.41) is 21.2. The summed E-state index contributed by atoms with van der Waals surface area (Å²) in [4.78, 5) is 23.3. The number of carboxylic acids is 1. The summed E-state index contributed by atoms with van der Waals surface area (Å²) in [6.07, 6.45) is 15.2. The van der Waals surface area contributed by atoms with Gasteiger partial charge in [0.2, 0.25) is 5.91 Å². The van der Waals surface area contributed by atoms with Crippen LogP contribution in [-0.4, -0.2) is 22.1 Å². The number of carbonyl (C=O) groups is 2. The molecular weight excluding hydrogens is 402 g/mol. The minimum atomic E-state index is -1.26. The van der Waals surface area contributed by atoms with E-state index in [-0.39, 0.29) is 22.6 Å². The van der Waals surface area contributed by atoms with Gasteiger partial charge in [0.25, 0.3) is 0 Å². The molecule has 0 atom stereocenters. The highest BCUT2D eigenvalue weighted by Gasteiger charge is 2.26. The number of aromatic carboxylic acids is 1. The largest absolute Gasteiger partial charge is 0.507 e. The molecule has 0 bridgehead atoms. The standard InChI is InChI=1S/C27H33NO4/c1-18(11-13-23-20(3)10-7-15-27(23,4)5)8-6-9-19(2)16-25(30)28-21-12-14-24(29)22(17-21)26(31)32/h6,8-9,11-14,16-17,29H,7,10,15H2,1-5H3,(H,28,30)(H,31,32)/b9-6+,13-11+,18-8+,19-16+. The van der Waals surface area contributed by atoms with Crippen molar-refractivity contribution in [1.82, 2.24) is 0 Å². The molecule has 32 heavy (non-hydrogen) atoms. The molecule has 0 aromatic heterocycles. The van der Waals surface area contributed by atoms with Gasteiger partial charge in [0, 0.05) is 11.8 Å². The van der Waals surface area contributed by atoms with Gasteiger partial charge in [0.1, 0.15) is 11.3 Å². The van der Waals surface area contributed by atoms with Crippen LogP contribution in [0.4, 0.5) is 5.69 Å². The molecule has 0 spiro atoms. The molecule has 1 aliphatic carbocycles. The highest BCUT2D eigenvalue weighted by Crippen LogP contribution is 2.40. The Kier molecular flexibility index (Phi) is 8.41. The van der Waals surface area contributed by atoms with E-state index in [4.69, 9.17) is 5.11 Å². The quantitative estimate of drug-likeness (QED) is 0.257. The van der Waals surface area contributed by atoms with Crippen LogP contribution < -0.4 is 5.32 Å². The van der Waals surface area contributed by atoms with Crippen molar-refractivity contribution >= 4 is 17.6 Å². The van der Waals surface area contributed by atoms with Gasteiger partial charge in [-0.3, -0.25) is 4.79 Å². The monoisotopic (exact) mass is 435 g/mol. The van der Waals surface area contributed by atoms with Crippen molar-refractivity contribution in [3.05, 3.63) is 82.5 Å². The Morgan fingerprint density at radius 3 is 2.50 bits per heavy atom. The van der Waals surface area contributed by atoms with Crippen LogP contribution in [0, 0.1) is 5.41 Å². The molecule has 0 unspecified atom stereocenters. The summed E-state index contributed by atoms with van der Waals surface area (Å²) in [5.74, 6) is -1.99. The van der Waals surface area contributed by atoms with Gasteiger partial charge in [-0.15, -0.1) is 0 Å². The molecule has 0 aliphatic heterocycles. The van der Waals surface area contributed by atoms with E-state index in [0.29, 0.717) is 5.69 Å². The van der Waals surface area contributed by atoms with Crippen LogP contribution in [0.5, 0.6) is 5.75 Å². The van der Waals surface area contributed by atoms with Crippen LogP contribution in [0.1, 0.15) is 64.2 Å². The zero-order valence-corrected chi connectivity index (χ0v) is 19.5. The highest BCUT2D eigenvalue weighted by atomic mass is 16.4. The van der Waals surface area contributed by atoms with Crippen LogP contribution in [0.2, 0.25) is 0 Å². The molecule has 0 saturated carbocycles. The summed E-state index contributed by atoms with van der Waals surface area (Å²) in [5.41, 5.74) is 5.01. The van der Waals surface area contributed by atoms with Crippen molar-refractivity contribution in [1.29, 1.82) is 0 Å².